The van der Waals surface area contributed by atoms with Crippen LogP contribution in [0.3, 0.4) is 0 Å². The molecule has 0 bridgehead atoms. The molecule has 31 heavy (non-hydrogen) atoms. The molecule has 0 saturated heterocycles. The Morgan fingerprint density at radius 1 is 0.871 bits per heavy atom. The van der Waals surface area contributed by atoms with Crippen LogP contribution in [-0.4, -0.2) is 25.2 Å². The molecule has 1 rings (SSSR count). The van der Waals surface area contributed by atoms with Crippen molar-refractivity contribution in [1.29, 1.82) is 0 Å². The lowest BCUT2D eigenvalue weighted by Crippen LogP contribution is -2.38. The van der Waals surface area contributed by atoms with E-state index in [4.69, 9.17) is 9.47 Å². The van der Waals surface area contributed by atoms with Gasteiger partial charge in [-0.05, 0) is 60.7 Å². The van der Waals surface area contributed by atoms with E-state index in [1.165, 1.54) is 0 Å². The van der Waals surface area contributed by atoms with Gasteiger partial charge in [0.25, 0.3) is 0 Å². The van der Waals surface area contributed by atoms with Crippen LogP contribution < -0.4 is 0 Å². The highest BCUT2D eigenvalue weighted by atomic mass is 16.5. The Labute approximate surface area is 191 Å². The van der Waals surface area contributed by atoms with E-state index in [0.29, 0.717) is 31.5 Å². The molecule has 0 amide bonds. The highest BCUT2D eigenvalue weighted by Gasteiger charge is 2.40. The quantitative estimate of drug-likeness (QED) is 0.278. The third kappa shape index (κ3) is 11.2. The minimum Gasteiger partial charge on any atom is -0.465 e. The maximum absolute atomic E-state index is 12.9. The van der Waals surface area contributed by atoms with Crippen LogP contribution in [0.15, 0.2) is 12.2 Å². The Kier molecular flexibility index (Phi) is 10.8. The van der Waals surface area contributed by atoms with Crippen molar-refractivity contribution in [2.24, 2.45) is 40.4 Å². The Morgan fingerprint density at radius 2 is 1.32 bits per heavy atom. The molecule has 0 aromatic rings. The van der Waals surface area contributed by atoms with Crippen LogP contribution in [0.1, 0.15) is 94.4 Å². The molecule has 1 aliphatic carbocycles. The second-order valence-corrected chi connectivity index (χ2v) is 12.3. The lowest BCUT2D eigenvalue weighted by Gasteiger charge is -2.30. The fourth-order valence-electron chi connectivity index (χ4n) is 4.91. The summed E-state index contributed by atoms with van der Waals surface area (Å²) in [5, 5.41) is 0. The van der Waals surface area contributed by atoms with E-state index in [1.54, 1.807) is 0 Å². The van der Waals surface area contributed by atoms with Crippen molar-refractivity contribution < 1.29 is 19.1 Å². The van der Waals surface area contributed by atoms with Gasteiger partial charge in [-0.3, -0.25) is 9.59 Å². The molecule has 4 heteroatoms. The standard InChI is InChI=1S/C27H48O4/c1-19(17-26(4,5)6)13-15-30-24(28)22-12-10-11-21(3)23(22)25(29)31-16-14-20(2)18-27(7,8)9/h10-11,19-23H,12-18H2,1-9H3. The topological polar surface area (TPSA) is 52.6 Å². The van der Waals surface area contributed by atoms with Crippen LogP contribution in [0.2, 0.25) is 0 Å². The summed E-state index contributed by atoms with van der Waals surface area (Å²) in [4.78, 5) is 25.7. The molecule has 0 aliphatic heterocycles. The van der Waals surface area contributed by atoms with E-state index >= 15 is 0 Å². The minimum atomic E-state index is -0.456. The number of hydrogen-bond acceptors (Lipinski definition) is 4. The third-order valence-electron chi connectivity index (χ3n) is 6.04. The Balaban J connectivity index is 2.56. The van der Waals surface area contributed by atoms with Crippen molar-refractivity contribution in [2.45, 2.75) is 94.4 Å². The van der Waals surface area contributed by atoms with Gasteiger partial charge in [0.15, 0.2) is 0 Å². The summed E-state index contributed by atoms with van der Waals surface area (Å²) in [6.07, 6.45) is 8.44. The molecule has 0 fully saturated rings. The Bertz CT molecular complexity index is 593. The molecule has 0 aromatic carbocycles. The monoisotopic (exact) mass is 436 g/mol. The molecular weight excluding hydrogens is 388 g/mol. The van der Waals surface area contributed by atoms with Gasteiger partial charge in [-0.1, -0.05) is 74.5 Å². The Morgan fingerprint density at radius 3 is 1.77 bits per heavy atom. The number of allylic oxidation sites excluding steroid dienone is 2. The number of carbonyl (C=O) groups excluding carboxylic acids is 2. The lowest BCUT2D eigenvalue weighted by molar-refractivity contribution is -0.163. The first kappa shape index (κ1) is 27.7. The largest absolute Gasteiger partial charge is 0.465 e. The minimum absolute atomic E-state index is 0.0226. The van der Waals surface area contributed by atoms with Gasteiger partial charge in [0, 0.05) is 0 Å². The van der Waals surface area contributed by atoms with E-state index in [9.17, 15) is 9.59 Å². The summed E-state index contributed by atoms with van der Waals surface area (Å²) in [5.41, 5.74) is 0.539. The zero-order valence-corrected chi connectivity index (χ0v) is 21.6. The summed E-state index contributed by atoms with van der Waals surface area (Å²) < 4.78 is 11.2. The van der Waals surface area contributed by atoms with Crippen LogP contribution in [-0.2, 0) is 19.1 Å². The molecule has 180 valence electrons. The van der Waals surface area contributed by atoms with E-state index in [-0.39, 0.29) is 28.7 Å². The highest BCUT2D eigenvalue weighted by Crippen LogP contribution is 2.33. The predicted octanol–water partition coefficient (Wildman–Crippen LogP) is 6.83. The number of esters is 2. The van der Waals surface area contributed by atoms with Gasteiger partial charge in [-0.25, -0.2) is 0 Å². The molecule has 0 N–H and O–H groups in total. The van der Waals surface area contributed by atoms with Gasteiger partial charge >= 0.3 is 11.9 Å². The van der Waals surface area contributed by atoms with Crippen LogP contribution in [0, 0.1) is 40.4 Å². The Hall–Kier alpha value is -1.32. The smallest absolute Gasteiger partial charge is 0.310 e. The van der Waals surface area contributed by atoms with Gasteiger partial charge in [0.1, 0.15) is 0 Å². The number of hydrogen-bond donors (Lipinski definition) is 0. The molecule has 5 unspecified atom stereocenters. The number of rotatable bonds is 10. The van der Waals surface area contributed by atoms with Crippen LogP contribution >= 0.6 is 0 Å². The fraction of sp³-hybridized carbons (Fsp3) is 0.852. The first-order valence-electron chi connectivity index (χ1n) is 12.2. The van der Waals surface area contributed by atoms with E-state index in [1.807, 2.05) is 19.1 Å². The molecule has 0 radical (unpaired) electrons. The zero-order chi connectivity index (χ0) is 23.8. The third-order valence-corrected chi connectivity index (χ3v) is 6.04. The highest BCUT2D eigenvalue weighted by molar-refractivity contribution is 5.83. The number of carbonyl (C=O) groups is 2. The predicted molar refractivity (Wildman–Crippen MR) is 128 cm³/mol. The van der Waals surface area contributed by atoms with Crippen LogP contribution in [0.4, 0.5) is 0 Å². The van der Waals surface area contributed by atoms with Gasteiger partial charge in [-0.2, -0.15) is 0 Å². The van der Waals surface area contributed by atoms with Crippen molar-refractivity contribution >= 4 is 11.9 Å². The van der Waals surface area contributed by atoms with Crippen LogP contribution in [0.25, 0.3) is 0 Å². The maximum atomic E-state index is 12.9. The van der Waals surface area contributed by atoms with E-state index < -0.39 is 11.8 Å². The van der Waals surface area contributed by atoms with Gasteiger partial charge in [-0.15, -0.1) is 0 Å². The van der Waals surface area contributed by atoms with Gasteiger partial charge in [0.2, 0.25) is 0 Å². The van der Waals surface area contributed by atoms with Crippen molar-refractivity contribution in [1.82, 2.24) is 0 Å². The fourth-order valence-corrected chi connectivity index (χ4v) is 4.91. The molecule has 4 nitrogen and oxygen atoms in total. The molecular formula is C27H48O4. The SMILES string of the molecule is CC(CCOC(=O)C1CC=CC(C)C1C(=O)OCCC(C)CC(C)(C)C)CC(C)(C)C. The first-order chi connectivity index (χ1) is 14.2. The molecule has 0 saturated carbocycles. The van der Waals surface area contributed by atoms with Gasteiger partial charge in [0.05, 0.1) is 25.0 Å². The maximum Gasteiger partial charge on any atom is 0.310 e. The lowest BCUT2D eigenvalue weighted by atomic mass is 9.76. The van der Waals surface area contributed by atoms with Crippen LogP contribution in [0.5, 0.6) is 0 Å². The van der Waals surface area contributed by atoms with Crippen molar-refractivity contribution in [3.63, 3.8) is 0 Å². The van der Waals surface area contributed by atoms with Crippen molar-refractivity contribution in [2.75, 3.05) is 13.2 Å². The summed E-state index contributed by atoms with van der Waals surface area (Å²) in [5.74, 6) is -0.461. The molecule has 1 aliphatic rings. The molecule has 5 atom stereocenters. The number of ether oxygens (including phenoxy) is 2. The first-order valence-corrected chi connectivity index (χ1v) is 12.2. The molecule has 0 spiro atoms. The summed E-state index contributed by atoms with van der Waals surface area (Å²) in [6, 6.07) is 0. The summed E-state index contributed by atoms with van der Waals surface area (Å²) in [6.45, 7) is 20.6. The zero-order valence-electron chi connectivity index (χ0n) is 21.6. The second kappa shape index (κ2) is 12.1. The van der Waals surface area contributed by atoms with Gasteiger partial charge < -0.3 is 9.47 Å². The van der Waals surface area contributed by atoms with E-state index in [2.05, 4.69) is 55.4 Å². The molecule has 0 heterocycles. The molecule has 0 aromatic heterocycles. The van der Waals surface area contributed by atoms with E-state index in [0.717, 1.165) is 25.7 Å². The van der Waals surface area contributed by atoms with Crippen molar-refractivity contribution in [3.8, 4) is 0 Å². The summed E-state index contributed by atoms with van der Waals surface area (Å²) >= 11 is 0. The average Bonchev–Trinajstić information content (AvgIpc) is 2.58. The van der Waals surface area contributed by atoms with Crippen molar-refractivity contribution in [3.05, 3.63) is 12.2 Å². The normalized spacial score (nSPS) is 23.8. The second-order valence-electron chi connectivity index (χ2n) is 12.3. The average molecular weight is 437 g/mol. The summed E-state index contributed by atoms with van der Waals surface area (Å²) in [7, 11) is 0.